The van der Waals surface area contributed by atoms with Crippen molar-refractivity contribution < 1.29 is 9.59 Å². The van der Waals surface area contributed by atoms with Gasteiger partial charge in [-0.25, -0.2) is 9.97 Å². The van der Waals surface area contributed by atoms with Crippen molar-refractivity contribution in [2.24, 2.45) is 0 Å². The number of anilines is 2. The zero-order valence-electron chi connectivity index (χ0n) is 17.6. The number of rotatable bonds is 5. The summed E-state index contributed by atoms with van der Waals surface area (Å²) in [7, 11) is 0. The average molecular weight is 428 g/mol. The lowest BCUT2D eigenvalue weighted by molar-refractivity contribution is -0.133. The quantitative estimate of drug-likeness (QED) is 0.648. The standard InChI is InChI=1S/C24H24N6O2/c31-22-9-8-19(27-22)24(32)30-12-10-17(15-30)23-28-20(16-5-4-11-25-14-16)13-21(29-23)26-18-6-2-1-3-7-18/h1-7,11,13-14,17,19H,8-10,12,15H2,(H,27,31)(H,26,28,29)/t17-,19-/m0/s1. The van der Waals surface area contributed by atoms with Crippen LogP contribution in [0.4, 0.5) is 11.5 Å². The van der Waals surface area contributed by atoms with E-state index in [1.54, 1.807) is 12.4 Å². The number of amides is 2. The summed E-state index contributed by atoms with van der Waals surface area (Å²) >= 11 is 0. The van der Waals surface area contributed by atoms with Crippen molar-refractivity contribution in [2.45, 2.75) is 31.2 Å². The van der Waals surface area contributed by atoms with Crippen LogP contribution in [-0.4, -0.2) is 50.8 Å². The smallest absolute Gasteiger partial charge is 0.245 e. The monoisotopic (exact) mass is 428 g/mol. The Hall–Kier alpha value is -3.81. The van der Waals surface area contributed by atoms with Gasteiger partial charge in [0.25, 0.3) is 0 Å². The van der Waals surface area contributed by atoms with Gasteiger partial charge in [-0.05, 0) is 37.1 Å². The third kappa shape index (κ3) is 4.30. The Balaban J connectivity index is 1.40. The predicted molar refractivity (Wildman–Crippen MR) is 120 cm³/mol. The van der Waals surface area contributed by atoms with Gasteiger partial charge in [0.05, 0.1) is 5.69 Å². The topological polar surface area (TPSA) is 100 Å². The molecule has 4 heterocycles. The summed E-state index contributed by atoms with van der Waals surface area (Å²) < 4.78 is 0. The van der Waals surface area contributed by atoms with Gasteiger partial charge in [-0.3, -0.25) is 14.6 Å². The fraction of sp³-hybridized carbons (Fsp3) is 0.292. The van der Waals surface area contributed by atoms with E-state index in [1.165, 1.54) is 0 Å². The zero-order chi connectivity index (χ0) is 21.9. The molecule has 0 radical (unpaired) electrons. The number of likely N-dealkylation sites (tertiary alicyclic amines) is 1. The van der Waals surface area contributed by atoms with Gasteiger partial charge in [0.15, 0.2) is 0 Å². The van der Waals surface area contributed by atoms with Crippen molar-refractivity contribution >= 4 is 23.3 Å². The van der Waals surface area contributed by atoms with E-state index in [0.717, 1.165) is 23.4 Å². The molecule has 162 valence electrons. The van der Waals surface area contributed by atoms with Crippen LogP contribution < -0.4 is 10.6 Å². The first-order chi connectivity index (χ1) is 15.7. The molecule has 32 heavy (non-hydrogen) atoms. The Morgan fingerprint density at radius 3 is 2.72 bits per heavy atom. The number of carbonyl (C=O) groups is 2. The molecule has 3 aromatic rings. The number of nitrogens with zero attached hydrogens (tertiary/aromatic N) is 4. The molecular formula is C24H24N6O2. The maximum Gasteiger partial charge on any atom is 0.245 e. The van der Waals surface area contributed by atoms with E-state index in [0.29, 0.717) is 37.6 Å². The van der Waals surface area contributed by atoms with Gasteiger partial charge < -0.3 is 15.5 Å². The van der Waals surface area contributed by atoms with Gasteiger partial charge >= 0.3 is 0 Å². The summed E-state index contributed by atoms with van der Waals surface area (Å²) in [6.07, 6.45) is 5.28. The van der Waals surface area contributed by atoms with E-state index in [4.69, 9.17) is 9.97 Å². The lowest BCUT2D eigenvalue weighted by Crippen LogP contribution is -2.43. The molecule has 0 unspecified atom stereocenters. The van der Waals surface area contributed by atoms with E-state index in [2.05, 4.69) is 15.6 Å². The highest BCUT2D eigenvalue weighted by molar-refractivity contribution is 5.91. The molecule has 2 fully saturated rings. The van der Waals surface area contributed by atoms with E-state index >= 15 is 0 Å². The Kier molecular flexibility index (Phi) is 5.49. The van der Waals surface area contributed by atoms with E-state index in [-0.39, 0.29) is 17.7 Å². The lowest BCUT2D eigenvalue weighted by Gasteiger charge is -2.20. The second-order valence-corrected chi connectivity index (χ2v) is 8.16. The van der Waals surface area contributed by atoms with Crippen molar-refractivity contribution in [1.82, 2.24) is 25.2 Å². The number of para-hydroxylation sites is 1. The van der Waals surface area contributed by atoms with Crippen LogP contribution in [0.1, 0.15) is 31.0 Å². The molecule has 2 amide bonds. The number of nitrogens with one attached hydrogen (secondary N) is 2. The summed E-state index contributed by atoms with van der Waals surface area (Å²) in [6, 6.07) is 15.2. The first-order valence-corrected chi connectivity index (χ1v) is 10.9. The fourth-order valence-electron chi connectivity index (χ4n) is 4.23. The van der Waals surface area contributed by atoms with E-state index in [1.807, 2.05) is 53.4 Å². The maximum absolute atomic E-state index is 12.8. The van der Waals surface area contributed by atoms with Crippen molar-refractivity contribution in [1.29, 1.82) is 0 Å². The van der Waals surface area contributed by atoms with Crippen LogP contribution in [0.3, 0.4) is 0 Å². The Morgan fingerprint density at radius 2 is 1.97 bits per heavy atom. The minimum Gasteiger partial charge on any atom is -0.344 e. The Morgan fingerprint density at radius 1 is 1.09 bits per heavy atom. The fourth-order valence-corrected chi connectivity index (χ4v) is 4.23. The minimum atomic E-state index is -0.404. The highest BCUT2D eigenvalue weighted by atomic mass is 16.2. The lowest BCUT2D eigenvalue weighted by atomic mass is 10.1. The van der Waals surface area contributed by atoms with Gasteiger partial charge in [-0.2, -0.15) is 0 Å². The van der Waals surface area contributed by atoms with E-state index in [9.17, 15) is 9.59 Å². The highest BCUT2D eigenvalue weighted by Crippen LogP contribution is 2.30. The second-order valence-electron chi connectivity index (χ2n) is 8.16. The van der Waals surface area contributed by atoms with Crippen molar-refractivity contribution in [3.05, 3.63) is 66.7 Å². The summed E-state index contributed by atoms with van der Waals surface area (Å²) in [6.45, 7) is 1.18. The number of benzene rings is 1. The van der Waals surface area contributed by atoms with Gasteiger partial charge in [0.1, 0.15) is 17.7 Å². The average Bonchev–Trinajstić information content (AvgIpc) is 3.49. The number of pyridine rings is 1. The van der Waals surface area contributed by atoms with Crippen molar-refractivity contribution in [2.75, 3.05) is 18.4 Å². The normalized spacial score (nSPS) is 20.2. The first-order valence-electron chi connectivity index (χ1n) is 10.9. The van der Waals surface area contributed by atoms with Gasteiger partial charge in [-0.15, -0.1) is 0 Å². The van der Waals surface area contributed by atoms with Crippen LogP contribution in [0.5, 0.6) is 0 Å². The molecule has 1 aromatic carbocycles. The summed E-state index contributed by atoms with van der Waals surface area (Å²) in [4.78, 5) is 40.0. The van der Waals surface area contributed by atoms with Crippen LogP contribution in [0.15, 0.2) is 60.9 Å². The zero-order valence-corrected chi connectivity index (χ0v) is 17.6. The van der Waals surface area contributed by atoms with E-state index < -0.39 is 6.04 Å². The van der Waals surface area contributed by atoms with Crippen LogP contribution >= 0.6 is 0 Å². The highest BCUT2D eigenvalue weighted by Gasteiger charge is 2.35. The predicted octanol–water partition coefficient (Wildman–Crippen LogP) is 2.88. The number of hydrogen-bond acceptors (Lipinski definition) is 6. The van der Waals surface area contributed by atoms with Gasteiger partial charge in [-0.1, -0.05) is 18.2 Å². The molecule has 2 saturated heterocycles. The molecule has 0 spiro atoms. The third-order valence-corrected chi connectivity index (χ3v) is 5.91. The Bertz CT molecular complexity index is 1120. The molecule has 5 rings (SSSR count). The number of hydrogen-bond donors (Lipinski definition) is 2. The third-order valence-electron chi connectivity index (χ3n) is 5.91. The first kappa shape index (κ1) is 20.1. The van der Waals surface area contributed by atoms with Gasteiger partial charge in [0, 0.05) is 55.1 Å². The molecular weight excluding hydrogens is 404 g/mol. The summed E-state index contributed by atoms with van der Waals surface area (Å²) in [5, 5.41) is 6.14. The van der Waals surface area contributed by atoms with Crippen LogP contribution in [-0.2, 0) is 9.59 Å². The minimum absolute atomic E-state index is 0.00982. The van der Waals surface area contributed by atoms with Gasteiger partial charge in [0.2, 0.25) is 11.8 Å². The SMILES string of the molecule is O=C1CC[C@@H](C(=O)N2CC[C@H](c3nc(Nc4ccccc4)cc(-c4cccnc4)n3)C2)N1. The molecule has 8 heteroatoms. The van der Waals surface area contributed by atoms with Crippen LogP contribution in [0.2, 0.25) is 0 Å². The molecule has 2 atom stereocenters. The van der Waals surface area contributed by atoms with Crippen LogP contribution in [0, 0.1) is 0 Å². The molecule has 0 bridgehead atoms. The largest absolute Gasteiger partial charge is 0.344 e. The maximum atomic E-state index is 12.8. The summed E-state index contributed by atoms with van der Waals surface area (Å²) in [5.74, 6) is 1.38. The molecule has 2 aliphatic rings. The molecule has 2 aliphatic heterocycles. The molecule has 2 N–H and O–H groups in total. The number of aromatic nitrogens is 3. The molecule has 0 aliphatic carbocycles. The van der Waals surface area contributed by atoms with Crippen LogP contribution in [0.25, 0.3) is 11.3 Å². The molecule has 2 aromatic heterocycles. The summed E-state index contributed by atoms with van der Waals surface area (Å²) in [5.41, 5.74) is 2.63. The number of carbonyl (C=O) groups excluding carboxylic acids is 2. The molecule has 0 saturated carbocycles. The second kappa shape index (κ2) is 8.74. The Labute approximate surface area is 186 Å². The molecule has 8 nitrogen and oxygen atoms in total. The van der Waals surface area contributed by atoms with Crippen molar-refractivity contribution in [3.8, 4) is 11.3 Å². The van der Waals surface area contributed by atoms with Crippen molar-refractivity contribution in [3.63, 3.8) is 0 Å².